The third-order valence-corrected chi connectivity index (χ3v) is 4.31. The Labute approximate surface area is 168 Å². The van der Waals surface area contributed by atoms with Gasteiger partial charge in [0.2, 0.25) is 0 Å². The molecule has 0 aliphatic carbocycles. The summed E-state index contributed by atoms with van der Waals surface area (Å²) in [6.07, 6.45) is 0. The Bertz CT molecular complexity index is 1240. The van der Waals surface area contributed by atoms with Gasteiger partial charge in [-0.05, 0) is 40.2 Å². The zero-order valence-corrected chi connectivity index (χ0v) is 14.7. The summed E-state index contributed by atoms with van der Waals surface area (Å²) in [4.78, 5) is 11.8. The molecule has 0 unspecified atom stereocenters. The molecular weight excluding hydrogens is 332 g/mol. The van der Waals surface area contributed by atoms with Crippen LogP contribution in [0.4, 0.5) is 0 Å². The van der Waals surface area contributed by atoms with Gasteiger partial charge in [0, 0.05) is 27.3 Å². The number of carbonyl (C=O) groups is 1. The van der Waals surface area contributed by atoms with Gasteiger partial charge in [0.25, 0.3) is 5.91 Å². The van der Waals surface area contributed by atoms with Gasteiger partial charge in [0.15, 0.2) is 0 Å². The molecule has 27 heavy (non-hydrogen) atoms. The summed E-state index contributed by atoms with van der Waals surface area (Å²) in [6.45, 7) is -4.19. The Hall–Kier alpha value is -3.17. The number of hydrogen-bond acceptors (Lipinski definition) is 2. The number of nitrogens with one attached hydrogen (secondary N) is 2. The van der Waals surface area contributed by atoms with Crippen molar-refractivity contribution in [1.82, 2.24) is 10.6 Å². The van der Waals surface area contributed by atoms with Crippen molar-refractivity contribution in [1.29, 1.82) is 0 Å². The van der Waals surface area contributed by atoms with Gasteiger partial charge < -0.3 is 10.6 Å². The topological polar surface area (TPSA) is 41.1 Å². The minimum absolute atomic E-state index is 0.359. The average molecular weight is 363 g/mol. The summed E-state index contributed by atoms with van der Waals surface area (Å²) in [5.74, 6) is -0.582. The van der Waals surface area contributed by atoms with E-state index in [1.165, 1.54) is 0 Å². The largest absolute Gasteiger partial charge is 0.355 e. The summed E-state index contributed by atoms with van der Waals surface area (Å²) in [5.41, 5.74) is 1.38. The van der Waals surface area contributed by atoms with Gasteiger partial charge in [-0.25, -0.2) is 0 Å². The molecule has 2 N–H and O–H groups in total. The van der Waals surface area contributed by atoms with Crippen molar-refractivity contribution in [2.75, 3.05) is 14.0 Å². The van der Waals surface area contributed by atoms with Crippen LogP contribution in [-0.2, 0) is 6.54 Å². The van der Waals surface area contributed by atoms with E-state index in [1.54, 1.807) is 18.2 Å². The lowest BCUT2D eigenvalue weighted by atomic mass is 10.0. The summed E-state index contributed by atoms with van der Waals surface area (Å²) in [7, 11) is 0. The minimum Gasteiger partial charge on any atom is -0.355 e. The van der Waals surface area contributed by atoms with Crippen molar-refractivity contribution >= 4 is 27.5 Å². The molecule has 0 bridgehead atoms. The van der Waals surface area contributed by atoms with Gasteiger partial charge in [0.05, 0.1) is 0 Å². The Kier molecular flexibility index (Phi) is 4.07. The first-order chi connectivity index (χ1) is 15.5. The van der Waals surface area contributed by atoms with Crippen LogP contribution >= 0.6 is 0 Å². The molecule has 4 rings (SSSR count). The highest BCUT2D eigenvalue weighted by atomic mass is 16.1. The number of fused-ring (bicyclic) bond motifs is 2. The molecule has 136 valence electrons. The molecule has 1 amide bonds. The fourth-order valence-corrected chi connectivity index (χ4v) is 3.03. The van der Waals surface area contributed by atoms with Crippen molar-refractivity contribution in [3.8, 4) is 0 Å². The second kappa shape index (κ2) is 8.97. The molecule has 0 aliphatic heterocycles. The van der Waals surface area contributed by atoms with Crippen molar-refractivity contribution in [2.24, 2.45) is 0 Å². The highest BCUT2D eigenvalue weighted by Gasteiger charge is 2.06. The van der Waals surface area contributed by atoms with Crippen LogP contribution in [-0.4, -0.2) is 19.9 Å². The molecule has 0 radical (unpaired) electrons. The lowest BCUT2D eigenvalue weighted by Gasteiger charge is -2.04. The van der Waals surface area contributed by atoms with Crippen LogP contribution in [0.1, 0.15) is 24.1 Å². The fraction of sp³-hybridized carbons (Fsp3) is 0.125. The standard InChI is InChI=1S/C12H11NO.C12H13N/c1-13-12(14)11-8-4-6-9-5-2-3-7-10(9)11;1-13-9-11-7-4-6-10-5-2-3-8-12(10)11/h2-8H,1H3,(H,13,14);2-8,13H,9H2,1H3/i2*1D3. The van der Waals surface area contributed by atoms with Crippen LogP contribution in [0.3, 0.4) is 0 Å². The molecule has 0 aliphatic rings. The Morgan fingerprint density at radius 2 is 1.41 bits per heavy atom. The zero-order valence-electron chi connectivity index (χ0n) is 20.7. The van der Waals surface area contributed by atoms with E-state index in [4.69, 9.17) is 8.22 Å². The number of benzene rings is 4. The zero-order chi connectivity index (χ0) is 24.1. The second-order valence-electron chi connectivity index (χ2n) is 5.97. The molecule has 0 heterocycles. The number of rotatable bonds is 3. The predicted octanol–water partition coefficient (Wildman–Crippen LogP) is 4.76. The highest BCUT2D eigenvalue weighted by Crippen LogP contribution is 2.18. The molecule has 0 saturated carbocycles. The Balaban J connectivity index is 0.000000186. The van der Waals surface area contributed by atoms with E-state index in [-0.39, 0.29) is 0 Å². The monoisotopic (exact) mass is 362 g/mol. The SMILES string of the molecule is [2H]C([2H])([2H])NC(=O)c1cccc2ccccc12.[2H]C([2H])([2H])NCc1cccc2ccccc12. The summed E-state index contributed by atoms with van der Waals surface area (Å²) in [6, 6.07) is 26.5. The molecule has 3 heteroatoms. The molecule has 0 spiro atoms. The Morgan fingerprint density at radius 1 is 0.778 bits per heavy atom. The first-order valence-electron chi connectivity index (χ1n) is 11.6. The molecule has 0 aromatic heterocycles. The normalized spacial score (nSPS) is 14.5. The van der Waals surface area contributed by atoms with E-state index in [2.05, 4.69) is 5.32 Å². The van der Waals surface area contributed by atoms with Crippen LogP contribution in [0.5, 0.6) is 0 Å². The molecule has 4 aromatic carbocycles. The second-order valence-corrected chi connectivity index (χ2v) is 5.97. The first-order valence-corrected chi connectivity index (χ1v) is 8.55. The van der Waals surface area contributed by atoms with Crippen molar-refractivity contribution in [3.63, 3.8) is 0 Å². The number of amides is 1. The van der Waals surface area contributed by atoms with Crippen LogP contribution < -0.4 is 10.6 Å². The average Bonchev–Trinajstić information content (AvgIpc) is 2.76. The minimum atomic E-state index is -2.46. The van der Waals surface area contributed by atoms with Crippen molar-refractivity contribution < 1.29 is 13.0 Å². The quantitative estimate of drug-likeness (QED) is 0.552. The van der Waals surface area contributed by atoms with E-state index in [0.717, 1.165) is 27.1 Å². The van der Waals surface area contributed by atoms with E-state index < -0.39 is 19.9 Å². The van der Waals surface area contributed by atoms with Crippen LogP contribution in [0.15, 0.2) is 84.9 Å². The summed E-state index contributed by atoms with van der Waals surface area (Å²) in [5, 5.41) is 8.40. The van der Waals surface area contributed by atoms with E-state index in [9.17, 15) is 4.79 Å². The van der Waals surface area contributed by atoms with E-state index >= 15 is 0 Å². The predicted molar refractivity (Wildman–Crippen MR) is 114 cm³/mol. The molecule has 0 fully saturated rings. The third-order valence-electron chi connectivity index (χ3n) is 4.31. The first kappa shape index (κ1) is 12.3. The van der Waals surface area contributed by atoms with Gasteiger partial charge in [-0.2, -0.15) is 0 Å². The fourth-order valence-electron chi connectivity index (χ4n) is 3.03. The molecular formula is C24H24N2O. The molecule has 0 saturated heterocycles. The van der Waals surface area contributed by atoms with Gasteiger partial charge in [-0.1, -0.05) is 78.9 Å². The van der Waals surface area contributed by atoms with E-state index in [0.29, 0.717) is 12.1 Å². The van der Waals surface area contributed by atoms with Gasteiger partial charge in [0.1, 0.15) is 0 Å². The summed E-state index contributed by atoms with van der Waals surface area (Å²) >= 11 is 0. The summed E-state index contributed by atoms with van der Waals surface area (Å²) < 4.78 is 42.4. The third kappa shape index (κ3) is 4.33. The van der Waals surface area contributed by atoms with Gasteiger partial charge in [-0.15, -0.1) is 0 Å². The maximum atomic E-state index is 11.8. The van der Waals surface area contributed by atoms with Crippen molar-refractivity contribution in [3.05, 3.63) is 96.1 Å². The van der Waals surface area contributed by atoms with Crippen LogP contribution in [0, 0.1) is 0 Å². The Morgan fingerprint density at radius 3 is 2.15 bits per heavy atom. The van der Waals surface area contributed by atoms with Crippen LogP contribution in [0.25, 0.3) is 21.5 Å². The molecule has 0 atom stereocenters. The van der Waals surface area contributed by atoms with E-state index in [1.807, 2.05) is 72.0 Å². The maximum Gasteiger partial charge on any atom is 0.251 e. The molecule has 3 nitrogen and oxygen atoms in total. The molecule has 4 aromatic rings. The maximum absolute atomic E-state index is 11.8. The van der Waals surface area contributed by atoms with Gasteiger partial charge >= 0.3 is 0 Å². The smallest absolute Gasteiger partial charge is 0.251 e. The lowest BCUT2D eigenvalue weighted by Crippen LogP contribution is -2.17. The van der Waals surface area contributed by atoms with Gasteiger partial charge in [-0.3, -0.25) is 4.79 Å². The van der Waals surface area contributed by atoms with Crippen LogP contribution in [0.2, 0.25) is 0 Å². The lowest BCUT2D eigenvalue weighted by molar-refractivity contribution is 0.0964. The van der Waals surface area contributed by atoms with Crippen molar-refractivity contribution in [2.45, 2.75) is 6.54 Å². The number of carbonyl (C=O) groups excluding carboxylic acids is 1. The highest BCUT2D eigenvalue weighted by molar-refractivity contribution is 6.06. The number of hydrogen-bond donors (Lipinski definition) is 2.